The van der Waals surface area contributed by atoms with Crippen molar-refractivity contribution < 1.29 is 0 Å². The minimum absolute atomic E-state index is 0.954. The van der Waals surface area contributed by atoms with E-state index in [9.17, 15) is 0 Å². The molecule has 0 aliphatic rings. The van der Waals surface area contributed by atoms with Crippen LogP contribution in [0.5, 0.6) is 0 Å². The van der Waals surface area contributed by atoms with Gasteiger partial charge in [-0.2, -0.15) is 0 Å². The maximum Gasteiger partial charge on any atom is 0.0482 e. The molecule has 0 fully saturated rings. The molecule has 0 radical (unpaired) electrons. The maximum atomic E-state index is 3.82. The minimum Gasteiger partial charge on any atom is -0.347 e. The number of hydrogen-bond acceptors (Lipinski definition) is 0. The third-order valence-electron chi connectivity index (χ3n) is 3.32. The van der Waals surface area contributed by atoms with Crippen molar-refractivity contribution in [1.82, 2.24) is 4.57 Å². The topological polar surface area (TPSA) is 4.93 Å². The van der Waals surface area contributed by atoms with Crippen LogP contribution in [0.25, 0.3) is 17.7 Å². The molecule has 0 atom stereocenters. The highest BCUT2D eigenvalue weighted by Crippen LogP contribution is 2.12. The molecule has 0 saturated heterocycles. The first-order valence-electron chi connectivity index (χ1n) is 10.0. The molecule has 0 bridgehead atoms. The van der Waals surface area contributed by atoms with Gasteiger partial charge in [-0.15, -0.1) is 0 Å². The molecule has 0 aliphatic carbocycles. The van der Waals surface area contributed by atoms with Gasteiger partial charge in [-0.25, -0.2) is 0 Å². The van der Waals surface area contributed by atoms with Gasteiger partial charge in [-0.3, -0.25) is 0 Å². The van der Waals surface area contributed by atoms with Crippen LogP contribution in [0.3, 0.4) is 0 Å². The quantitative estimate of drug-likeness (QED) is 0.506. The Hall–Kier alpha value is -2.02. The molecule has 1 aromatic rings. The molecule has 0 saturated carbocycles. The van der Waals surface area contributed by atoms with Crippen LogP contribution in [0.2, 0.25) is 0 Å². The van der Waals surface area contributed by atoms with Gasteiger partial charge in [-0.05, 0) is 39.3 Å². The zero-order valence-electron chi connectivity index (χ0n) is 19.1. The molecule has 1 nitrogen and oxygen atoms in total. The Morgan fingerprint density at radius 3 is 1.92 bits per heavy atom. The zero-order chi connectivity index (χ0) is 21.1. The number of rotatable bonds is 5. The van der Waals surface area contributed by atoms with E-state index in [0.717, 1.165) is 6.54 Å². The lowest BCUT2D eigenvalue weighted by Gasteiger charge is -1.99. The smallest absolute Gasteiger partial charge is 0.0482 e. The van der Waals surface area contributed by atoms with Gasteiger partial charge < -0.3 is 4.57 Å². The predicted molar refractivity (Wildman–Crippen MR) is 126 cm³/mol. The second-order valence-electron chi connectivity index (χ2n) is 4.79. The molecular formula is C25H43N. The third-order valence-corrected chi connectivity index (χ3v) is 3.32. The molecule has 0 aromatic carbocycles. The van der Waals surface area contributed by atoms with Crippen molar-refractivity contribution in [3.05, 3.63) is 65.4 Å². The summed E-state index contributed by atoms with van der Waals surface area (Å²) in [5.41, 5.74) is 3.75. The predicted octanol–water partition coefficient (Wildman–Crippen LogP) is 6.89. The lowest BCUT2D eigenvalue weighted by molar-refractivity contribution is 0.744. The van der Waals surface area contributed by atoms with E-state index in [1.807, 2.05) is 59.8 Å². The zero-order valence-corrected chi connectivity index (χ0v) is 19.1. The van der Waals surface area contributed by atoms with E-state index in [1.54, 1.807) is 0 Å². The van der Waals surface area contributed by atoms with Crippen LogP contribution in [0, 0.1) is 0 Å². The molecule has 1 heteroatoms. The lowest BCUT2D eigenvalue weighted by Crippen LogP contribution is -2.29. The van der Waals surface area contributed by atoms with E-state index in [4.69, 9.17) is 0 Å². The van der Waals surface area contributed by atoms with Gasteiger partial charge in [-0.1, -0.05) is 90.7 Å². The van der Waals surface area contributed by atoms with Crippen molar-refractivity contribution >= 4 is 17.7 Å². The van der Waals surface area contributed by atoms with Crippen molar-refractivity contribution in [2.24, 2.45) is 0 Å². The number of aryl methyl sites for hydroxylation is 1. The fourth-order valence-electron chi connectivity index (χ4n) is 2.42. The van der Waals surface area contributed by atoms with E-state index < -0.39 is 0 Å². The Morgan fingerprint density at radius 2 is 1.54 bits per heavy atom. The molecule has 0 aliphatic heterocycles. The monoisotopic (exact) mass is 357 g/mol. The SMILES string of the molecule is C=C/C=C(C)\C=C(/C)c1cn(CC)c(=C/C=C)/c1=C\C.CC.CC.CC. The minimum atomic E-state index is 0.954. The first-order chi connectivity index (χ1) is 12.6. The van der Waals surface area contributed by atoms with Gasteiger partial charge in [0.1, 0.15) is 0 Å². The maximum absolute atomic E-state index is 3.82. The van der Waals surface area contributed by atoms with Crippen molar-refractivity contribution in [2.45, 2.75) is 75.8 Å². The van der Waals surface area contributed by atoms with Crippen LogP contribution in [-0.4, -0.2) is 4.57 Å². The van der Waals surface area contributed by atoms with Crippen LogP contribution in [0.4, 0.5) is 0 Å². The van der Waals surface area contributed by atoms with E-state index in [-0.39, 0.29) is 0 Å². The van der Waals surface area contributed by atoms with E-state index >= 15 is 0 Å². The van der Waals surface area contributed by atoms with E-state index in [2.05, 4.69) is 69.8 Å². The van der Waals surface area contributed by atoms with Crippen LogP contribution in [0.1, 0.15) is 74.8 Å². The highest BCUT2D eigenvalue weighted by atomic mass is 14.9. The highest BCUT2D eigenvalue weighted by Gasteiger charge is 2.05. The third kappa shape index (κ3) is 9.46. The number of hydrogen-bond donors (Lipinski definition) is 0. The Morgan fingerprint density at radius 1 is 1.00 bits per heavy atom. The first-order valence-corrected chi connectivity index (χ1v) is 10.0. The molecule has 0 N–H and O–H groups in total. The van der Waals surface area contributed by atoms with Crippen molar-refractivity contribution in [3.63, 3.8) is 0 Å². The second-order valence-corrected chi connectivity index (χ2v) is 4.79. The fourth-order valence-corrected chi connectivity index (χ4v) is 2.42. The van der Waals surface area contributed by atoms with Gasteiger partial charge in [0.05, 0.1) is 0 Å². The Balaban J connectivity index is -0.000000795. The Labute approximate surface area is 163 Å². The molecule has 1 rings (SSSR count). The molecular weight excluding hydrogens is 314 g/mol. The van der Waals surface area contributed by atoms with Crippen molar-refractivity contribution in [1.29, 1.82) is 0 Å². The van der Waals surface area contributed by atoms with E-state index in [0.29, 0.717) is 0 Å². The molecule has 0 amide bonds. The van der Waals surface area contributed by atoms with Gasteiger partial charge in [0.2, 0.25) is 0 Å². The van der Waals surface area contributed by atoms with Crippen LogP contribution >= 0.6 is 0 Å². The Bertz CT molecular complexity index is 664. The summed E-state index contributed by atoms with van der Waals surface area (Å²) in [5, 5.41) is 2.49. The molecule has 26 heavy (non-hydrogen) atoms. The normalized spacial score (nSPS) is 12.1. The lowest BCUT2D eigenvalue weighted by atomic mass is 10.1. The summed E-state index contributed by atoms with van der Waals surface area (Å²) in [6, 6.07) is 0. The standard InChI is InChI=1S/C19H25N.3C2H6/c1-7-11-15(5)13-16(6)18-14-20(10-4)19(12-8-2)17(18)9-3;3*1-2/h7-9,11-14H,1-2,10H2,3-6H3;3*1-2H3/b15-11-,16-13+,17-9-,19-12+;;;. The van der Waals surface area contributed by atoms with Crippen LogP contribution in [0.15, 0.2) is 49.2 Å². The number of nitrogens with zero attached hydrogens (tertiary/aromatic N) is 1. The first kappa shape index (κ1) is 28.8. The van der Waals surface area contributed by atoms with Gasteiger partial charge in [0.25, 0.3) is 0 Å². The number of allylic oxidation sites excluding steroid dienone is 6. The molecule has 1 heterocycles. The molecule has 148 valence electrons. The highest BCUT2D eigenvalue weighted by molar-refractivity contribution is 5.68. The van der Waals surface area contributed by atoms with Gasteiger partial charge in [0, 0.05) is 28.9 Å². The second kappa shape index (κ2) is 19.3. The summed E-state index contributed by atoms with van der Waals surface area (Å²) in [6.07, 6.45) is 14.3. The molecule has 0 unspecified atom stereocenters. The van der Waals surface area contributed by atoms with Crippen molar-refractivity contribution in [2.75, 3.05) is 0 Å². The summed E-state index contributed by atoms with van der Waals surface area (Å²) in [4.78, 5) is 0. The average molecular weight is 358 g/mol. The summed E-state index contributed by atoms with van der Waals surface area (Å²) >= 11 is 0. The van der Waals surface area contributed by atoms with E-state index in [1.165, 1.54) is 27.3 Å². The van der Waals surface area contributed by atoms with Crippen molar-refractivity contribution in [3.8, 4) is 0 Å². The van der Waals surface area contributed by atoms with Gasteiger partial charge >= 0.3 is 0 Å². The summed E-state index contributed by atoms with van der Waals surface area (Å²) in [5.74, 6) is 0. The van der Waals surface area contributed by atoms with Crippen LogP contribution in [-0.2, 0) is 6.54 Å². The largest absolute Gasteiger partial charge is 0.347 e. The summed E-state index contributed by atoms with van der Waals surface area (Å²) < 4.78 is 2.26. The molecule has 0 spiro atoms. The summed E-state index contributed by atoms with van der Waals surface area (Å²) in [6.45, 7) is 29.0. The Kier molecular flexibility index (Phi) is 21.4. The average Bonchev–Trinajstić information content (AvgIpc) is 3.04. The van der Waals surface area contributed by atoms with Gasteiger partial charge in [0.15, 0.2) is 0 Å². The van der Waals surface area contributed by atoms with Crippen LogP contribution < -0.4 is 10.6 Å². The number of aromatic nitrogens is 1. The summed E-state index contributed by atoms with van der Waals surface area (Å²) in [7, 11) is 0. The fraction of sp³-hybridized carbons (Fsp3) is 0.440. The molecule has 1 aromatic heterocycles.